The maximum Gasteiger partial charge on any atom is 0.418 e. The van der Waals surface area contributed by atoms with E-state index in [-0.39, 0.29) is 11.4 Å². The number of rotatable bonds is 6. The van der Waals surface area contributed by atoms with Crippen molar-refractivity contribution in [3.05, 3.63) is 53.0 Å². The predicted molar refractivity (Wildman–Crippen MR) is 84.5 cm³/mol. The van der Waals surface area contributed by atoms with E-state index in [9.17, 15) is 18.0 Å². The largest absolute Gasteiger partial charge is 0.418 e. The first kappa shape index (κ1) is 17.9. The van der Waals surface area contributed by atoms with Crippen molar-refractivity contribution in [1.82, 2.24) is 9.97 Å². The van der Waals surface area contributed by atoms with Gasteiger partial charge in [-0.05, 0) is 37.1 Å². The lowest BCUT2D eigenvalue weighted by molar-refractivity contribution is -0.138. The normalized spacial score (nSPS) is 11.5. The molecule has 2 rings (SSSR count). The van der Waals surface area contributed by atoms with Gasteiger partial charge >= 0.3 is 6.18 Å². The zero-order valence-electron chi connectivity index (χ0n) is 13.2. The third kappa shape index (κ3) is 4.10. The molecule has 0 aliphatic carbocycles. The fourth-order valence-electron chi connectivity index (χ4n) is 2.33. The van der Waals surface area contributed by atoms with E-state index in [0.717, 1.165) is 25.3 Å². The molecular weight excluding hydrogens is 319 g/mol. The molecule has 2 aromatic rings. The number of nitrogens with two attached hydrogens (primary N) is 1. The lowest BCUT2D eigenvalue weighted by Gasteiger charge is -2.13. The van der Waals surface area contributed by atoms with E-state index in [1.54, 1.807) is 0 Å². The zero-order chi connectivity index (χ0) is 17.7. The van der Waals surface area contributed by atoms with Crippen LogP contribution in [-0.2, 0) is 12.6 Å². The molecule has 0 unspecified atom stereocenters. The van der Waals surface area contributed by atoms with E-state index in [1.807, 2.05) is 6.92 Å². The van der Waals surface area contributed by atoms with Gasteiger partial charge in [0.05, 0.1) is 11.1 Å². The highest BCUT2D eigenvalue weighted by atomic mass is 19.4. The van der Waals surface area contributed by atoms with Crippen LogP contribution in [-0.4, -0.2) is 15.8 Å². The summed E-state index contributed by atoms with van der Waals surface area (Å²) in [5.41, 5.74) is 4.30. The quantitative estimate of drug-likeness (QED) is 0.638. The minimum Gasteiger partial charge on any atom is -0.383 e. The first-order chi connectivity index (χ1) is 11.3. The minimum absolute atomic E-state index is 0.0822. The molecule has 0 fully saturated rings. The van der Waals surface area contributed by atoms with E-state index in [1.165, 1.54) is 24.4 Å². The molecule has 7 heteroatoms. The summed E-state index contributed by atoms with van der Waals surface area (Å²) in [7, 11) is 0. The molecule has 2 N–H and O–H groups in total. The molecule has 0 saturated heterocycles. The third-order valence-electron chi connectivity index (χ3n) is 3.59. The van der Waals surface area contributed by atoms with E-state index in [4.69, 9.17) is 5.73 Å². The van der Waals surface area contributed by atoms with Crippen molar-refractivity contribution in [2.45, 2.75) is 38.8 Å². The SMILES string of the molecule is CCCCCc1ccc(C(F)(F)F)c(C(=O)c2cccnc2N)n1. The summed E-state index contributed by atoms with van der Waals surface area (Å²) < 4.78 is 39.7. The van der Waals surface area contributed by atoms with Crippen LogP contribution in [0.5, 0.6) is 0 Å². The Bertz CT molecular complexity index is 729. The molecule has 0 spiro atoms. The first-order valence-electron chi connectivity index (χ1n) is 7.67. The molecule has 0 saturated carbocycles. The lowest BCUT2D eigenvalue weighted by atomic mass is 10.0. The molecule has 0 aliphatic rings. The first-order valence-corrected chi connectivity index (χ1v) is 7.67. The van der Waals surface area contributed by atoms with Gasteiger partial charge in [-0.25, -0.2) is 9.97 Å². The summed E-state index contributed by atoms with van der Waals surface area (Å²) >= 11 is 0. The number of alkyl halides is 3. The fourth-order valence-corrected chi connectivity index (χ4v) is 2.33. The summed E-state index contributed by atoms with van der Waals surface area (Å²) in [6.07, 6.45) is -0.0468. The molecule has 0 atom stereocenters. The molecule has 24 heavy (non-hydrogen) atoms. The Hall–Kier alpha value is -2.44. The van der Waals surface area contributed by atoms with Crippen molar-refractivity contribution in [3.63, 3.8) is 0 Å². The monoisotopic (exact) mass is 337 g/mol. The highest BCUT2D eigenvalue weighted by Gasteiger charge is 2.37. The number of halogens is 3. The van der Waals surface area contributed by atoms with Crippen LogP contribution < -0.4 is 5.73 Å². The maximum absolute atomic E-state index is 13.2. The second-order valence-electron chi connectivity index (χ2n) is 5.42. The van der Waals surface area contributed by atoms with Crippen molar-refractivity contribution in [2.75, 3.05) is 5.73 Å². The van der Waals surface area contributed by atoms with Gasteiger partial charge in [-0.1, -0.05) is 19.8 Å². The number of hydrogen-bond acceptors (Lipinski definition) is 4. The summed E-state index contributed by atoms with van der Waals surface area (Å²) in [4.78, 5) is 20.3. The second kappa shape index (κ2) is 7.42. The Morgan fingerprint density at radius 3 is 2.58 bits per heavy atom. The van der Waals surface area contributed by atoms with Gasteiger partial charge in [-0.15, -0.1) is 0 Å². The average Bonchev–Trinajstić information content (AvgIpc) is 2.54. The van der Waals surface area contributed by atoms with E-state index >= 15 is 0 Å². The Morgan fingerprint density at radius 2 is 1.96 bits per heavy atom. The predicted octanol–water partition coefficient (Wildman–Crippen LogP) is 4.04. The van der Waals surface area contributed by atoms with Gasteiger partial charge in [0.25, 0.3) is 0 Å². The number of nitrogen functional groups attached to an aromatic ring is 1. The van der Waals surface area contributed by atoms with Crippen molar-refractivity contribution >= 4 is 11.6 Å². The second-order valence-corrected chi connectivity index (χ2v) is 5.42. The Morgan fingerprint density at radius 1 is 1.21 bits per heavy atom. The van der Waals surface area contributed by atoms with Gasteiger partial charge in [0.1, 0.15) is 11.5 Å². The van der Waals surface area contributed by atoms with E-state index in [0.29, 0.717) is 12.1 Å². The molecule has 0 aliphatic heterocycles. The highest BCUT2D eigenvalue weighted by Crippen LogP contribution is 2.33. The number of unbranched alkanes of at least 4 members (excludes halogenated alkanes) is 2. The maximum atomic E-state index is 13.2. The van der Waals surface area contributed by atoms with Gasteiger partial charge in [-0.2, -0.15) is 13.2 Å². The Kier molecular flexibility index (Phi) is 5.54. The molecule has 0 bridgehead atoms. The molecular formula is C17H18F3N3O. The number of pyridine rings is 2. The van der Waals surface area contributed by atoms with Gasteiger partial charge in [0.15, 0.2) is 0 Å². The summed E-state index contributed by atoms with van der Waals surface area (Å²) in [5, 5.41) is 0. The highest BCUT2D eigenvalue weighted by molar-refractivity contribution is 6.11. The van der Waals surface area contributed by atoms with Crippen molar-refractivity contribution < 1.29 is 18.0 Å². The van der Waals surface area contributed by atoms with Crippen LogP contribution in [0, 0.1) is 0 Å². The van der Waals surface area contributed by atoms with Crippen LogP contribution >= 0.6 is 0 Å². The van der Waals surface area contributed by atoms with Crippen LogP contribution in [0.15, 0.2) is 30.5 Å². The summed E-state index contributed by atoms with van der Waals surface area (Å²) in [5.74, 6) is -0.987. The van der Waals surface area contributed by atoms with E-state index < -0.39 is 23.2 Å². The van der Waals surface area contributed by atoms with Gasteiger partial charge in [0, 0.05) is 11.9 Å². The number of carbonyl (C=O) groups is 1. The molecule has 0 radical (unpaired) electrons. The number of nitrogens with zero attached hydrogens (tertiary/aromatic N) is 2. The van der Waals surface area contributed by atoms with Gasteiger partial charge < -0.3 is 5.73 Å². The number of anilines is 1. The van der Waals surface area contributed by atoms with Crippen LogP contribution in [0.2, 0.25) is 0 Å². The van der Waals surface area contributed by atoms with Crippen molar-refractivity contribution in [1.29, 1.82) is 0 Å². The number of hydrogen-bond donors (Lipinski definition) is 1. The van der Waals surface area contributed by atoms with Gasteiger partial charge in [0.2, 0.25) is 5.78 Å². The molecule has 2 aromatic heterocycles. The average molecular weight is 337 g/mol. The Labute approximate surface area is 137 Å². The van der Waals surface area contributed by atoms with Crippen LogP contribution in [0.25, 0.3) is 0 Å². The number of carbonyl (C=O) groups excluding carboxylic acids is 1. The van der Waals surface area contributed by atoms with E-state index in [2.05, 4.69) is 9.97 Å². The Balaban J connectivity index is 2.46. The van der Waals surface area contributed by atoms with Crippen LogP contribution in [0.3, 0.4) is 0 Å². The van der Waals surface area contributed by atoms with Crippen molar-refractivity contribution in [2.24, 2.45) is 0 Å². The summed E-state index contributed by atoms with van der Waals surface area (Å²) in [6.45, 7) is 2.03. The minimum atomic E-state index is -4.67. The topological polar surface area (TPSA) is 68.9 Å². The molecule has 0 amide bonds. The zero-order valence-corrected chi connectivity index (χ0v) is 13.2. The van der Waals surface area contributed by atoms with Crippen molar-refractivity contribution in [3.8, 4) is 0 Å². The molecule has 4 nitrogen and oxygen atoms in total. The summed E-state index contributed by atoms with van der Waals surface area (Å²) in [6, 6.07) is 5.02. The fraction of sp³-hybridized carbons (Fsp3) is 0.353. The number of aromatic nitrogens is 2. The van der Waals surface area contributed by atoms with Gasteiger partial charge in [-0.3, -0.25) is 4.79 Å². The molecule has 128 valence electrons. The lowest BCUT2D eigenvalue weighted by Crippen LogP contribution is -2.18. The van der Waals surface area contributed by atoms with Crippen LogP contribution in [0.1, 0.15) is 53.5 Å². The standard InChI is InChI=1S/C17H18F3N3O/c1-2-3-4-6-11-8-9-13(17(18,19)20)14(23-11)15(24)12-7-5-10-22-16(12)21/h5,7-10H,2-4,6H2,1H3,(H2,21,22). The smallest absolute Gasteiger partial charge is 0.383 e. The number of aryl methyl sites for hydroxylation is 1. The third-order valence-corrected chi connectivity index (χ3v) is 3.59. The molecule has 2 heterocycles. The van der Waals surface area contributed by atoms with Crippen LogP contribution in [0.4, 0.5) is 19.0 Å². The molecule has 0 aromatic carbocycles. The number of ketones is 1.